The molecule has 1 N–H and O–H groups in total. The molecule has 0 amide bonds. The number of ketones is 1. The second-order valence-corrected chi connectivity index (χ2v) is 3.53. The second-order valence-electron chi connectivity index (χ2n) is 2.77. The molecule has 0 aliphatic rings. The molecule has 0 radical (unpaired) electrons. The molecule has 1 aromatic rings. The van der Waals surface area contributed by atoms with E-state index in [9.17, 15) is 9.90 Å². The zero-order valence-electron chi connectivity index (χ0n) is 7.19. The predicted molar refractivity (Wildman–Crippen MR) is 52.9 cm³/mol. The van der Waals surface area contributed by atoms with Gasteiger partial charge in [-0.05, 0) is 25.5 Å². The first-order chi connectivity index (χ1) is 5.95. The van der Waals surface area contributed by atoms with Crippen LogP contribution >= 0.6 is 23.2 Å². The van der Waals surface area contributed by atoms with Crippen LogP contribution in [0.25, 0.3) is 0 Å². The van der Waals surface area contributed by atoms with E-state index in [1.165, 1.54) is 13.0 Å². The summed E-state index contributed by atoms with van der Waals surface area (Å²) in [5.41, 5.74) is 0.990. The van der Waals surface area contributed by atoms with Crippen molar-refractivity contribution in [2.45, 2.75) is 13.8 Å². The van der Waals surface area contributed by atoms with Crippen molar-refractivity contribution in [3.63, 3.8) is 0 Å². The molecule has 0 saturated heterocycles. The third-order valence-electron chi connectivity index (χ3n) is 1.74. The number of hydrogen-bond acceptors (Lipinski definition) is 2. The number of Topliss-reactive ketones (excluding diaryl/α,β-unsaturated/α-hetero) is 1. The van der Waals surface area contributed by atoms with Crippen LogP contribution in [0.3, 0.4) is 0 Å². The number of halogens is 2. The number of phenols is 1. The van der Waals surface area contributed by atoms with E-state index in [1.807, 2.05) is 0 Å². The zero-order chi connectivity index (χ0) is 10.2. The van der Waals surface area contributed by atoms with Crippen molar-refractivity contribution in [3.8, 4) is 5.75 Å². The Hall–Kier alpha value is -0.730. The molecule has 0 spiro atoms. The molecule has 0 aliphatic heterocycles. The first-order valence-electron chi connectivity index (χ1n) is 3.63. The predicted octanol–water partition coefficient (Wildman–Crippen LogP) is 3.21. The Morgan fingerprint density at radius 3 is 2.38 bits per heavy atom. The van der Waals surface area contributed by atoms with Crippen molar-refractivity contribution < 1.29 is 9.90 Å². The number of aromatic hydroxyl groups is 1. The topological polar surface area (TPSA) is 37.3 Å². The van der Waals surface area contributed by atoms with Gasteiger partial charge in [0.25, 0.3) is 0 Å². The minimum Gasteiger partial charge on any atom is -0.506 e. The standard InChI is InChI=1S/C9H8Cl2O2/c1-4-3-6(13)8(10)9(11)7(4)5(2)12/h3,13H,1-2H3. The molecule has 2 nitrogen and oxygen atoms in total. The van der Waals surface area contributed by atoms with Gasteiger partial charge in [-0.1, -0.05) is 23.2 Å². The van der Waals surface area contributed by atoms with Gasteiger partial charge in [0.2, 0.25) is 0 Å². The SMILES string of the molecule is CC(=O)c1c(C)cc(O)c(Cl)c1Cl. The van der Waals surface area contributed by atoms with Gasteiger partial charge < -0.3 is 5.11 Å². The van der Waals surface area contributed by atoms with Gasteiger partial charge in [0, 0.05) is 5.56 Å². The second kappa shape index (κ2) is 3.56. The summed E-state index contributed by atoms with van der Waals surface area (Å²) in [7, 11) is 0. The van der Waals surface area contributed by atoms with E-state index in [0.29, 0.717) is 11.1 Å². The number of phenolic OH excluding ortho intramolecular Hbond substituents is 1. The Morgan fingerprint density at radius 2 is 1.92 bits per heavy atom. The Bertz CT molecular complexity index is 372. The molecular weight excluding hydrogens is 211 g/mol. The van der Waals surface area contributed by atoms with Crippen LogP contribution in [0.1, 0.15) is 22.8 Å². The van der Waals surface area contributed by atoms with Gasteiger partial charge in [-0.25, -0.2) is 0 Å². The molecule has 0 bridgehead atoms. The first-order valence-corrected chi connectivity index (χ1v) is 4.39. The molecule has 0 atom stereocenters. The van der Waals surface area contributed by atoms with Gasteiger partial charge in [-0.15, -0.1) is 0 Å². The molecule has 70 valence electrons. The quantitative estimate of drug-likeness (QED) is 0.736. The monoisotopic (exact) mass is 218 g/mol. The summed E-state index contributed by atoms with van der Waals surface area (Å²) in [5.74, 6) is -0.265. The van der Waals surface area contributed by atoms with Crippen LogP contribution in [0, 0.1) is 6.92 Å². The van der Waals surface area contributed by atoms with E-state index in [2.05, 4.69) is 0 Å². The normalized spacial score (nSPS) is 10.2. The third-order valence-corrected chi connectivity index (χ3v) is 2.59. The van der Waals surface area contributed by atoms with E-state index in [4.69, 9.17) is 23.2 Å². The molecule has 4 heteroatoms. The van der Waals surface area contributed by atoms with Gasteiger partial charge in [-0.3, -0.25) is 4.79 Å². The van der Waals surface area contributed by atoms with Crippen LogP contribution in [0.15, 0.2) is 6.07 Å². The molecule has 0 aromatic heterocycles. The molecular formula is C9H8Cl2O2. The molecule has 0 aliphatic carbocycles. The van der Waals surface area contributed by atoms with Crippen LogP contribution in [-0.4, -0.2) is 10.9 Å². The van der Waals surface area contributed by atoms with Gasteiger partial charge in [0.05, 0.1) is 5.02 Å². The summed E-state index contributed by atoms with van der Waals surface area (Å²) in [6, 6.07) is 1.42. The van der Waals surface area contributed by atoms with Gasteiger partial charge in [0.15, 0.2) is 5.78 Å². The fourth-order valence-electron chi connectivity index (χ4n) is 1.17. The maximum Gasteiger partial charge on any atom is 0.161 e. The highest BCUT2D eigenvalue weighted by molar-refractivity contribution is 6.44. The van der Waals surface area contributed by atoms with Gasteiger partial charge in [0.1, 0.15) is 10.8 Å². The molecule has 0 unspecified atom stereocenters. The summed E-state index contributed by atoms with van der Waals surface area (Å²) in [6.07, 6.45) is 0. The molecule has 0 saturated carbocycles. The Labute approximate surface area is 86.1 Å². The van der Waals surface area contributed by atoms with Crippen LogP contribution in [0.2, 0.25) is 10.0 Å². The highest BCUT2D eigenvalue weighted by Gasteiger charge is 2.15. The first kappa shape index (κ1) is 10.4. The van der Waals surface area contributed by atoms with Crippen LogP contribution < -0.4 is 0 Å². The van der Waals surface area contributed by atoms with Crippen molar-refractivity contribution in [1.82, 2.24) is 0 Å². The average molecular weight is 219 g/mol. The lowest BCUT2D eigenvalue weighted by atomic mass is 10.1. The lowest BCUT2D eigenvalue weighted by Gasteiger charge is -2.07. The minimum absolute atomic E-state index is 0.0254. The van der Waals surface area contributed by atoms with Crippen LogP contribution in [0.5, 0.6) is 5.75 Å². The van der Waals surface area contributed by atoms with Crippen molar-refractivity contribution in [3.05, 3.63) is 27.2 Å². The lowest BCUT2D eigenvalue weighted by Crippen LogP contribution is -1.97. The summed E-state index contributed by atoms with van der Waals surface area (Å²) in [4.78, 5) is 11.1. The highest BCUT2D eigenvalue weighted by atomic mass is 35.5. The average Bonchev–Trinajstić information content (AvgIpc) is 1.99. The molecule has 1 aromatic carbocycles. The lowest BCUT2D eigenvalue weighted by molar-refractivity contribution is 0.101. The van der Waals surface area contributed by atoms with Crippen molar-refractivity contribution in [1.29, 1.82) is 0 Å². The Balaban J connectivity index is 3.53. The van der Waals surface area contributed by atoms with Crippen LogP contribution in [0.4, 0.5) is 0 Å². The summed E-state index contributed by atoms with van der Waals surface area (Å²) in [5, 5.41) is 9.40. The van der Waals surface area contributed by atoms with E-state index >= 15 is 0 Å². The number of hydrogen-bond donors (Lipinski definition) is 1. The molecule has 0 fully saturated rings. The maximum atomic E-state index is 11.1. The fourth-order valence-corrected chi connectivity index (χ4v) is 1.70. The van der Waals surface area contributed by atoms with E-state index in [0.717, 1.165) is 0 Å². The third kappa shape index (κ3) is 1.79. The minimum atomic E-state index is -0.163. The number of carbonyl (C=O) groups is 1. The van der Waals surface area contributed by atoms with Crippen molar-refractivity contribution in [2.24, 2.45) is 0 Å². The fraction of sp³-hybridized carbons (Fsp3) is 0.222. The Kier molecular flexibility index (Phi) is 2.84. The number of carbonyl (C=O) groups excluding carboxylic acids is 1. The highest BCUT2D eigenvalue weighted by Crippen LogP contribution is 2.36. The largest absolute Gasteiger partial charge is 0.506 e. The van der Waals surface area contributed by atoms with Gasteiger partial charge in [-0.2, -0.15) is 0 Å². The summed E-state index contributed by atoms with van der Waals surface area (Å²) >= 11 is 11.5. The summed E-state index contributed by atoms with van der Waals surface area (Å²) in [6.45, 7) is 3.10. The maximum absolute atomic E-state index is 11.1. The Morgan fingerprint density at radius 1 is 1.38 bits per heavy atom. The van der Waals surface area contributed by atoms with E-state index in [-0.39, 0.29) is 21.6 Å². The number of rotatable bonds is 1. The smallest absolute Gasteiger partial charge is 0.161 e. The molecule has 0 heterocycles. The molecule has 13 heavy (non-hydrogen) atoms. The number of benzene rings is 1. The summed E-state index contributed by atoms with van der Waals surface area (Å²) < 4.78 is 0. The van der Waals surface area contributed by atoms with E-state index < -0.39 is 0 Å². The van der Waals surface area contributed by atoms with Crippen molar-refractivity contribution in [2.75, 3.05) is 0 Å². The van der Waals surface area contributed by atoms with Crippen molar-refractivity contribution >= 4 is 29.0 Å². The zero-order valence-corrected chi connectivity index (χ0v) is 8.70. The van der Waals surface area contributed by atoms with E-state index in [1.54, 1.807) is 6.92 Å². The molecule has 1 rings (SSSR count). The van der Waals surface area contributed by atoms with Crippen LogP contribution in [-0.2, 0) is 0 Å². The number of aryl methyl sites for hydroxylation is 1. The van der Waals surface area contributed by atoms with Gasteiger partial charge >= 0.3 is 0 Å².